The highest BCUT2D eigenvalue weighted by atomic mass is 32.2. The number of morpholine rings is 1. The molecule has 2 saturated heterocycles. The standard InChI is InChI=1S/C18H27N3O4S/c1-2-20-9-3-4-16(20)14-19-18(22)15-5-7-17(8-6-15)26(23,24)21-10-12-25-13-11-21/h5-8,16H,2-4,9-14H2,1H3,(H,19,22)/p+1/t16-/m0/s1. The number of hydrogen-bond donors (Lipinski definition) is 2. The van der Waals surface area contributed by atoms with Gasteiger partial charge in [-0.25, -0.2) is 8.42 Å². The van der Waals surface area contributed by atoms with Crippen molar-refractivity contribution in [1.82, 2.24) is 9.62 Å². The van der Waals surface area contributed by atoms with Crippen LogP contribution in [0, 0.1) is 0 Å². The van der Waals surface area contributed by atoms with Gasteiger partial charge >= 0.3 is 0 Å². The van der Waals surface area contributed by atoms with Crippen LogP contribution in [0.25, 0.3) is 0 Å². The van der Waals surface area contributed by atoms with Gasteiger partial charge in [0.25, 0.3) is 5.91 Å². The monoisotopic (exact) mass is 382 g/mol. The summed E-state index contributed by atoms with van der Waals surface area (Å²) in [4.78, 5) is 14.1. The van der Waals surface area contributed by atoms with Crippen LogP contribution in [0.1, 0.15) is 30.1 Å². The fourth-order valence-corrected chi connectivity index (χ4v) is 5.14. The third kappa shape index (κ3) is 4.25. The number of ether oxygens (including phenoxy) is 1. The Labute approximate surface area is 155 Å². The molecule has 0 saturated carbocycles. The van der Waals surface area contributed by atoms with E-state index in [0.29, 0.717) is 44.5 Å². The topological polar surface area (TPSA) is 80.2 Å². The first-order valence-corrected chi connectivity index (χ1v) is 10.8. The molecule has 2 fully saturated rings. The Morgan fingerprint density at radius 2 is 1.96 bits per heavy atom. The molecule has 2 heterocycles. The van der Waals surface area contributed by atoms with Gasteiger partial charge in [-0.05, 0) is 31.2 Å². The molecule has 7 nitrogen and oxygen atoms in total. The van der Waals surface area contributed by atoms with E-state index in [1.807, 2.05) is 0 Å². The van der Waals surface area contributed by atoms with Crippen molar-refractivity contribution in [3.05, 3.63) is 29.8 Å². The van der Waals surface area contributed by atoms with Crippen LogP contribution in [0.3, 0.4) is 0 Å². The Bertz CT molecular complexity index is 714. The lowest BCUT2D eigenvalue weighted by Gasteiger charge is -2.26. The van der Waals surface area contributed by atoms with Gasteiger partial charge in [-0.1, -0.05) is 0 Å². The number of nitrogens with one attached hydrogen (secondary N) is 2. The van der Waals surface area contributed by atoms with E-state index in [9.17, 15) is 13.2 Å². The van der Waals surface area contributed by atoms with Crippen LogP contribution in [0.15, 0.2) is 29.2 Å². The third-order valence-corrected chi connectivity index (χ3v) is 7.23. The fraction of sp³-hybridized carbons (Fsp3) is 0.611. The molecule has 2 aliphatic heterocycles. The van der Waals surface area contributed by atoms with Crippen molar-refractivity contribution >= 4 is 15.9 Å². The molecule has 2 N–H and O–H groups in total. The van der Waals surface area contributed by atoms with Crippen LogP contribution in [-0.2, 0) is 14.8 Å². The van der Waals surface area contributed by atoms with Crippen LogP contribution in [0.4, 0.5) is 0 Å². The summed E-state index contributed by atoms with van der Waals surface area (Å²) >= 11 is 0. The minimum atomic E-state index is -3.52. The van der Waals surface area contributed by atoms with Gasteiger partial charge < -0.3 is 15.0 Å². The molecular formula is C18H28N3O4S+. The van der Waals surface area contributed by atoms with Crippen molar-refractivity contribution in [3.8, 4) is 0 Å². The van der Waals surface area contributed by atoms with Crippen LogP contribution < -0.4 is 10.2 Å². The molecule has 0 aromatic heterocycles. The summed E-state index contributed by atoms with van der Waals surface area (Å²) in [5, 5.41) is 2.99. The highest BCUT2D eigenvalue weighted by Gasteiger charge is 2.28. The molecule has 26 heavy (non-hydrogen) atoms. The predicted octanol–water partition coefficient (Wildman–Crippen LogP) is -0.495. The van der Waals surface area contributed by atoms with Crippen molar-refractivity contribution in [3.63, 3.8) is 0 Å². The Hall–Kier alpha value is -1.48. The van der Waals surface area contributed by atoms with Gasteiger partial charge in [0.15, 0.2) is 0 Å². The van der Waals surface area contributed by atoms with Crippen LogP contribution in [0.2, 0.25) is 0 Å². The van der Waals surface area contributed by atoms with E-state index >= 15 is 0 Å². The Balaban J connectivity index is 1.60. The number of nitrogens with zero attached hydrogens (tertiary/aromatic N) is 1. The van der Waals surface area contributed by atoms with Crippen molar-refractivity contribution in [2.75, 3.05) is 45.9 Å². The first-order valence-electron chi connectivity index (χ1n) is 9.33. The van der Waals surface area contributed by atoms with Crippen LogP contribution in [-0.4, -0.2) is 70.6 Å². The number of quaternary nitrogens is 1. The van der Waals surface area contributed by atoms with Gasteiger partial charge in [0.2, 0.25) is 10.0 Å². The molecule has 2 atom stereocenters. The Kier molecular flexibility index (Phi) is 6.29. The summed E-state index contributed by atoms with van der Waals surface area (Å²) in [6.07, 6.45) is 2.35. The maximum absolute atomic E-state index is 12.6. The number of benzene rings is 1. The number of likely N-dealkylation sites (N-methyl/N-ethyl adjacent to an activating group) is 1. The summed E-state index contributed by atoms with van der Waals surface area (Å²) < 4.78 is 31.8. The molecule has 1 aromatic carbocycles. The maximum atomic E-state index is 12.6. The molecule has 8 heteroatoms. The fourth-order valence-electron chi connectivity index (χ4n) is 3.73. The quantitative estimate of drug-likeness (QED) is 0.696. The number of rotatable bonds is 6. The van der Waals surface area contributed by atoms with Crippen molar-refractivity contribution in [2.24, 2.45) is 0 Å². The van der Waals surface area contributed by atoms with Crippen molar-refractivity contribution in [1.29, 1.82) is 0 Å². The zero-order valence-corrected chi connectivity index (χ0v) is 16.1. The number of hydrogen-bond acceptors (Lipinski definition) is 4. The predicted molar refractivity (Wildman–Crippen MR) is 97.7 cm³/mol. The van der Waals surface area contributed by atoms with Gasteiger partial charge in [-0.2, -0.15) is 4.31 Å². The Morgan fingerprint density at radius 1 is 1.27 bits per heavy atom. The average molecular weight is 383 g/mol. The normalized spacial score (nSPS) is 24.5. The molecule has 144 valence electrons. The third-order valence-electron chi connectivity index (χ3n) is 5.32. The number of carbonyl (C=O) groups is 1. The van der Waals surface area contributed by atoms with E-state index < -0.39 is 10.0 Å². The number of amides is 1. The van der Waals surface area contributed by atoms with E-state index in [1.54, 1.807) is 12.1 Å². The largest absolute Gasteiger partial charge is 0.379 e. The number of carbonyl (C=O) groups excluding carboxylic acids is 1. The summed E-state index contributed by atoms with van der Waals surface area (Å²) in [7, 11) is -3.52. The Morgan fingerprint density at radius 3 is 2.62 bits per heavy atom. The zero-order valence-electron chi connectivity index (χ0n) is 15.2. The van der Waals surface area contributed by atoms with E-state index in [2.05, 4.69) is 12.2 Å². The molecule has 3 rings (SSSR count). The van der Waals surface area contributed by atoms with Gasteiger partial charge in [-0.15, -0.1) is 0 Å². The second-order valence-corrected chi connectivity index (χ2v) is 8.79. The minimum absolute atomic E-state index is 0.150. The van der Waals surface area contributed by atoms with E-state index in [0.717, 1.165) is 13.0 Å². The lowest BCUT2D eigenvalue weighted by atomic mass is 10.2. The molecule has 0 spiro atoms. The lowest BCUT2D eigenvalue weighted by molar-refractivity contribution is -0.909. The SMILES string of the molecule is CC[NH+]1CCC[C@H]1CNC(=O)c1ccc(S(=O)(=O)N2CCOCC2)cc1. The number of sulfonamides is 1. The first kappa shape index (κ1) is 19.3. The summed E-state index contributed by atoms with van der Waals surface area (Å²) in [6, 6.07) is 6.67. The first-order chi connectivity index (χ1) is 12.5. The molecule has 1 aromatic rings. The molecule has 0 aliphatic carbocycles. The van der Waals surface area contributed by atoms with Crippen molar-refractivity contribution in [2.45, 2.75) is 30.7 Å². The minimum Gasteiger partial charge on any atom is -0.379 e. The molecule has 1 unspecified atom stereocenters. The molecular weight excluding hydrogens is 354 g/mol. The van der Waals surface area contributed by atoms with Gasteiger partial charge in [0, 0.05) is 31.5 Å². The molecule has 1 amide bonds. The number of likely N-dealkylation sites (tertiary alicyclic amines) is 1. The van der Waals surface area contributed by atoms with Gasteiger partial charge in [0.05, 0.1) is 37.7 Å². The molecule has 0 bridgehead atoms. The van der Waals surface area contributed by atoms with Crippen LogP contribution >= 0.6 is 0 Å². The second-order valence-electron chi connectivity index (χ2n) is 6.85. The van der Waals surface area contributed by atoms with Gasteiger partial charge in [0.1, 0.15) is 6.04 Å². The smallest absolute Gasteiger partial charge is 0.251 e. The van der Waals surface area contributed by atoms with Crippen LogP contribution in [0.5, 0.6) is 0 Å². The summed E-state index contributed by atoms with van der Waals surface area (Å²) in [5.74, 6) is -0.150. The van der Waals surface area contributed by atoms with E-state index in [1.165, 1.54) is 34.3 Å². The van der Waals surface area contributed by atoms with Gasteiger partial charge in [-0.3, -0.25) is 4.79 Å². The molecule has 0 radical (unpaired) electrons. The lowest BCUT2D eigenvalue weighted by Crippen LogP contribution is -3.14. The maximum Gasteiger partial charge on any atom is 0.251 e. The van der Waals surface area contributed by atoms with E-state index in [4.69, 9.17) is 4.74 Å². The molecule has 2 aliphatic rings. The highest BCUT2D eigenvalue weighted by molar-refractivity contribution is 7.89. The van der Waals surface area contributed by atoms with E-state index in [-0.39, 0.29) is 10.8 Å². The average Bonchev–Trinajstić information content (AvgIpc) is 3.14. The summed E-state index contributed by atoms with van der Waals surface area (Å²) in [6.45, 7) is 6.64. The highest BCUT2D eigenvalue weighted by Crippen LogP contribution is 2.17. The second kappa shape index (κ2) is 8.47. The zero-order chi connectivity index (χ0) is 18.6. The summed E-state index contributed by atoms with van der Waals surface area (Å²) in [5.41, 5.74) is 0.488. The van der Waals surface area contributed by atoms with Crippen molar-refractivity contribution < 1.29 is 22.8 Å².